The third-order valence-electron chi connectivity index (χ3n) is 5.28. The number of nitrogens with zero attached hydrogens (tertiary/aromatic N) is 4. The monoisotopic (exact) mass is 484 g/mol. The fourth-order valence-corrected chi connectivity index (χ4v) is 4.41. The van der Waals surface area contributed by atoms with Crippen LogP contribution in [0.25, 0.3) is 5.65 Å². The third-order valence-corrected chi connectivity index (χ3v) is 6.43. The number of hydrogen-bond donors (Lipinski definition) is 2. The van der Waals surface area contributed by atoms with E-state index in [-0.39, 0.29) is 29.1 Å². The van der Waals surface area contributed by atoms with Crippen LogP contribution in [-0.4, -0.2) is 50.0 Å². The van der Waals surface area contributed by atoms with Gasteiger partial charge in [-0.2, -0.15) is 0 Å². The van der Waals surface area contributed by atoms with Gasteiger partial charge in [-0.15, -0.1) is 5.10 Å². The molecule has 2 aromatic heterocycles. The first-order valence-electron chi connectivity index (χ1n) is 10.6. The summed E-state index contributed by atoms with van der Waals surface area (Å²) in [6.07, 6.45) is 2.76. The van der Waals surface area contributed by atoms with Crippen LogP contribution in [0.2, 0.25) is 0 Å². The summed E-state index contributed by atoms with van der Waals surface area (Å²) < 4.78 is 26.9. The minimum absolute atomic E-state index is 0.0312. The number of hydrogen-bond acceptors (Lipinski definition) is 8. The fraction of sp³-hybridized carbons (Fsp3) is 0.318. The van der Waals surface area contributed by atoms with Crippen LogP contribution in [0, 0.1) is 11.7 Å². The van der Waals surface area contributed by atoms with Gasteiger partial charge < -0.3 is 20.1 Å². The average Bonchev–Trinajstić information content (AvgIpc) is 3.48. The number of methoxy groups -OCH3 is 1. The van der Waals surface area contributed by atoms with Gasteiger partial charge >= 0.3 is 0 Å². The van der Waals surface area contributed by atoms with Crippen LogP contribution >= 0.6 is 11.8 Å². The number of halogens is 1. The van der Waals surface area contributed by atoms with Gasteiger partial charge in [-0.3, -0.25) is 14.6 Å². The molecule has 0 bridgehead atoms. The topological polar surface area (TPSA) is 119 Å². The number of imidazole rings is 1. The first kappa shape index (κ1) is 22.3. The Morgan fingerprint density at radius 1 is 1.18 bits per heavy atom. The lowest BCUT2D eigenvalue weighted by Gasteiger charge is -2.16. The van der Waals surface area contributed by atoms with Crippen molar-refractivity contribution in [3.8, 4) is 11.6 Å². The van der Waals surface area contributed by atoms with Crippen molar-refractivity contribution < 1.29 is 23.5 Å². The molecule has 2 N–H and O–H groups in total. The quantitative estimate of drug-likeness (QED) is 0.527. The maximum absolute atomic E-state index is 14.4. The maximum Gasteiger partial charge on any atom is 0.242 e. The Hall–Kier alpha value is -3.51. The highest BCUT2D eigenvalue weighted by Crippen LogP contribution is 2.31. The molecule has 2 aliphatic rings. The van der Waals surface area contributed by atoms with Crippen LogP contribution in [0.1, 0.15) is 19.8 Å². The molecule has 1 aliphatic carbocycles. The molecule has 2 amide bonds. The van der Waals surface area contributed by atoms with E-state index in [1.54, 1.807) is 25.3 Å². The standard InChI is InChI=1S/C22H21FN6O4S/c1-11-24-22(32-2)19(34-11)21(31)25-15-9-13(5-6-14(15)23)33-18-8-7-17-26-16(10-29(17)28-18)27-20(30)12-3-4-12/h5-10,12,19,22H,3-4H2,1-2H3,(H,25,31)(H,27,30). The molecule has 0 radical (unpaired) electrons. The van der Waals surface area contributed by atoms with Gasteiger partial charge in [0.1, 0.15) is 16.8 Å². The Bertz CT molecular complexity index is 1310. The number of aromatic nitrogens is 3. The molecule has 10 nitrogen and oxygen atoms in total. The summed E-state index contributed by atoms with van der Waals surface area (Å²) in [4.78, 5) is 33.2. The Balaban J connectivity index is 1.29. The lowest BCUT2D eigenvalue weighted by Crippen LogP contribution is -2.33. The maximum atomic E-state index is 14.4. The van der Waals surface area contributed by atoms with Crippen LogP contribution < -0.4 is 15.4 Å². The van der Waals surface area contributed by atoms with Crippen molar-refractivity contribution in [1.82, 2.24) is 14.6 Å². The summed E-state index contributed by atoms with van der Waals surface area (Å²) >= 11 is 1.26. The summed E-state index contributed by atoms with van der Waals surface area (Å²) in [6, 6.07) is 7.30. The largest absolute Gasteiger partial charge is 0.438 e. The number of aliphatic imine (C=N–C) groups is 1. The van der Waals surface area contributed by atoms with Crippen LogP contribution in [0.3, 0.4) is 0 Å². The number of rotatable bonds is 7. The molecule has 1 fully saturated rings. The number of amides is 2. The van der Waals surface area contributed by atoms with Crippen LogP contribution in [0.5, 0.6) is 11.6 Å². The van der Waals surface area contributed by atoms with Gasteiger partial charge in [-0.25, -0.2) is 13.9 Å². The second-order valence-corrected chi connectivity index (χ2v) is 9.24. The fourth-order valence-electron chi connectivity index (χ4n) is 3.42. The number of ether oxygens (including phenoxy) is 2. The number of fused-ring (bicyclic) bond motifs is 1. The van der Waals surface area contributed by atoms with Crippen molar-refractivity contribution in [1.29, 1.82) is 0 Å². The summed E-state index contributed by atoms with van der Waals surface area (Å²) in [7, 11) is 1.47. The molecule has 0 spiro atoms. The van der Waals surface area contributed by atoms with Crippen LogP contribution in [0.15, 0.2) is 41.5 Å². The van der Waals surface area contributed by atoms with Gasteiger partial charge in [-0.1, -0.05) is 11.8 Å². The van der Waals surface area contributed by atoms with Crippen LogP contribution in [-0.2, 0) is 14.3 Å². The zero-order chi connectivity index (χ0) is 23.8. The zero-order valence-corrected chi connectivity index (χ0v) is 19.1. The average molecular weight is 485 g/mol. The van der Waals surface area contributed by atoms with E-state index in [9.17, 15) is 14.0 Å². The summed E-state index contributed by atoms with van der Waals surface area (Å²) in [6.45, 7) is 1.78. The predicted octanol–water partition coefficient (Wildman–Crippen LogP) is 3.45. The molecular formula is C22H21FN6O4S. The highest BCUT2D eigenvalue weighted by atomic mass is 32.2. The SMILES string of the molecule is COC1N=C(C)SC1C(=O)Nc1cc(Oc2ccc3nc(NC(=O)C4CC4)cn3n2)ccc1F. The second kappa shape index (κ2) is 9.03. The minimum atomic E-state index is -0.627. The van der Waals surface area contributed by atoms with Crippen LogP contribution in [0.4, 0.5) is 15.9 Å². The van der Waals surface area contributed by atoms with Gasteiger partial charge in [0, 0.05) is 25.2 Å². The van der Waals surface area contributed by atoms with Crippen molar-refractivity contribution in [2.24, 2.45) is 10.9 Å². The molecule has 2 unspecified atom stereocenters. The van der Waals surface area contributed by atoms with E-state index >= 15 is 0 Å². The zero-order valence-electron chi connectivity index (χ0n) is 18.3. The molecule has 2 atom stereocenters. The number of thioether (sulfide) groups is 1. The highest BCUT2D eigenvalue weighted by Gasteiger charge is 2.35. The van der Waals surface area contributed by atoms with E-state index in [1.807, 2.05) is 0 Å². The molecule has 1 aromatic carbocycles. The van der Waals surface area contributed by atoms with Gasteiger partial charge in [0.2, 0.25) is 17.7 Å². The van der Waals surface area contributed by atoms with Crippen molar-refractivity contribution in [2.75, 3.05) is 17.7 Å². The molecule has 1 saturated carbocycles. The normalized spacial score (nSPS) is 19.7. The number of nitrogens with one attached hydrogen (secondary N) is 2. The molecule has 34 heavy (non-hydrogen) atoms. The van der Waals surface area contributed by atoms with E-state index in [1.165, 1.54) is 41.6 Å². The van der Waals surface area contributed by atoms with E-state index in [0.29, 0.717) is 11.5 Å². The van der Waals surface area contributed by atoms with Crippen molar-refractivity contribution in [3.05, 3.63) is 42.3 Å². The highest BCUT2D eigenvalue weighted by molar-refractivity contribution is 8.15. The van der Waals surface area contributed by atoms with Crippen molar-refractivity contribution >= 4 is 45.8 Å². The predicted molar refractivity (Wildman–Crippen MR) is 125 cm³/mol. The van der Waals surface area contributed by atoms with Crippen molar-refractivity contribution in [2.45, 2.75) is 31.2 Å². The summed E-state index contributed by atoms with van der Waals surface area (Å²) in [5, 5.41) is 9.79. The Labute approximate surface area is 197 Å². The minimum Gasteiger partial charge on any atom is -0.438 e. The van der Waals surface area contributed by atoms with Gasteiger partial charge in [0.15, 0.2) is 17.7 Å². The Morgan fingerprint density at radius 2 is 2.00 bits per heavy atom. The lowest BCUT2D eigenvalue weighted by molar-refractivity contribution is -0.118. The van der Waals surface area contributed by atoms with Gasteiger partial charge in [0.05, 0.1) is 16.9 Å². The van der Waals surface area contributed by atoms with E-state index in [4.69, 9.17) is 9.47 Å². The third kappa shape index (κ3) is 4.73. The molecular weight excluding hydrogens is 463 g/mol. The number of anilines is 2. The Kier molecular flexibility index (Phi) is 5.92. The first-order chi connectivity index (χ1) is 16.4. The van der Waals surface area contributed by atoms with E-state index in [2.05, 4.69) is 25.7 Å². The molecule has 176 valence electrons. The first-order valence-corrected chi connectivity index (χ1v) is 11.5. The molecule has 12 heteroatoms. The van der Waals surface area contributed by atoms with E-state index in [0.717, 1.165) is 17.9 Å². The molecule has 5 rings (SSSR count). The van der Waals surface area contributed by atoms with Gasteiger partial charge in [-0.05, 0) is 38.0 Å². The molecule has 3 heterocycles. The van der Waals surface area contributed by atoms with Crippen molar-refractivity contribution in [3.63, 3.8) is 0 Å². The molecule has 1 aliphatic heterocycles. The van der Waals surface area contributed by atoms with Gasteiger partial charge in [0.25, 0.3) is 0 Å². The smallest absolute Gasteiger partial charge is 0.242 e. The number of carbonyl (C=O) groups excluding carboxylic acids is 2. The number of benzene rings is 1. The summed E-state index contributed by atoms with van der Waals surface area (Å²) in [5.74, 6) is -0.1000. The number of carbonyl (C=O) groups is 2. The Morgan fingerprint density at radius 3 is 2.76 bits per heavy atom. The summed E-state index contributed by atoms with van der Waals surface area (Å²) in [5.41, 5.74) is 0.501. The second-order valence-electron chi connectivity index (χ2n) is 7.91. The molecule has 3 aromatic rings. The molecule has 0 saturated heterocycles. The lowest BCUT2D eigenvalue weighted by atomic mass is 10.2. The van der Waals surface area contributed by atoms with E-state index < -0.39 is 23.2 Å².